The number of hydrogen-bond acceptors (Lipinski definition) is 3. The van der Waals surface area contributed by atoms with Crippen molar-refractivity contribution in [2.75, 3.05) is 0 Å². The van der Waals surface area contributed by atoms with E-state index in [-0.39, 0.29) is 0 Å². The molecule has 0 saturated carbocycles. The van der Waals surface area contributed by atoms with Crippen molar-refractivity contribution in [3.05, 3.63) is 20.5 Å². The van der Waals surface area contributed by atoms with Crippen molar-refractivity contribution in [1.82, 2.24) is 4.98 Å². The first-order valence-corrected chi connectivity index (χ1v) is 5.26. The molecular formula is C10H8IN3. The van der Waals surface area contributed by atoms with E-state index in [1.807, 2.05) is 0 Å². The molecule has 4 heteroatoms. The van der Waals surface area contributed by atoms with Crippen LogP contribution in [0.15, 0.2) is 9.98 Å². The highest BCUT2D eigenvalue weighted by molar-refractivity contribution is 14.1. The summed E-state index contributed by atoms with van der Waals surface area (Å²) < 4.78 is 1.01. The molecule has 0 spiro atoms. The molecule has 0 amide bonds. The fourth-order valence-corrected chi connectivity index (χ4v) is 1.91. The van der Waals surface area contributed by atoms with Crippen LogP contribution in [0.5, 0.6) is 0 Å². The number of hydrogen-bond donors (Lipinski definition) is 0. The first-order chi connectivity index (χ1) is 6.70. The number of fused-ring (bicyclic) bond motifs is 1. The van der Waals surface area contributed by atoms with E-state index in [4.69, 9.17) is 0 Å². The second-order valence-corrected chi connectivity index (χ2v) is 4.06. The Balaban J connectivity index is 2.79. The maximum atomic E-state index is 4.43. The minimum absolute atomic E-state index is 0.843. The highest BCUT2D eigenvalue weighted by Crippen LogP contribution is 2.28. The Morgan fingerprint density at radius 2 is 2.07 bits per heavy atom. The zero-order chi connectivity index (χ0) is 10.1. The molecule has 3 nitrogen and oxygen atoms in total. The van der Waals surface area contributed by atoms with Crippen LogP contribution < -0.4 is 0 Å². The minimum atomic E-state index is 0.843. The van der Waals surface area contributed by atoms with Crippen molar-refractivity contribution in [2.45, 2.75) is 13.8 Å². The molecule has 0 unspecified atom stereocenters. The third-order valence-corrected chi connectivity index (χ3v) is 3.26. The van der Waals surface area contributed by atoms with Crippen molar-refractivity contribution >= 4 is 46.6 Å². The van der Waals surface area contributed by atoms with E-state index in [1.165, 1.54) is 11.9 Å². The number of halogens is 1. The summed E-state index contributed by atoms with van der Waals surface area (Å²) in [5.74, 6) is 2.76. The standard InChI is InChI=1S/C10H8IN3/c1-6-7(2)10(11)14-8-3-4-12-5-13-9(6)8/h3,5H,1-2H3. The smallest absolute Gasteiger partial charge is 0.126 e. The lowest BCUT2D eigenvalue weighted by atomic mass is 10.1. The van der Waals surface area contributed by atoms with Gasteiger partial charge >= 0.3 is 0 Å². The molecule has 1 aromatic rings. The molecule has 0 saturated heterocycles. The van der Waals surface area contributed by atoms with Gasteiger partial charge < -0.3 is 0 Å². The normalized spacial score (nSPS) is 12.8. The Hall–Kier alpha value is -1.00. The van der Waals surface area contributed by atoms with Gasteiger partial charge in [0, 0.05) is 6.08 Å². The average molecular weight is 297 g/mol. The zero-order valence-corrected chi connectivity index (χ0v) is 10.0. The predicted molar refractivity (Wildman–Crippen MR) is 66.5 cm³/mol. The van der Waals surface area contributed by atoms with Crippen LogP contribution >= 0.6 is 22.6 Å². The number of nitrogens with zero attached hydrogens (tertiary/aromatic N) is 3. The second kappa shape index (κ2) is 3.63. The topological polar surface area (TPSA) is 37.6 Å². The van der Waals surface area contributed by atoms with Gasteiger partial charge in [0.1, 0.15) is 10.0 Å². The van der Waals surface area contributed by atoms with Crippen molar-refractivity contribution in [3.63, 3.8) is 0 Å². The summed E-state index contributed by atoms with van der Waals surface area (Å²) in [5.41, 5.74) is 4.08. The molecule has 0 fully saturated rings. The number of pyridine rings is 1. The first kappa shape index (κ1) is 9.55. The summed E-state index contributed by atoms with van der Waals surface area (Å²) in [5, 5.41) is 0. The molecule has 0 aliphatic carbocycles. The third-order valence-electron chi connectivity index (χ3n) is 2.21. The lowest BCUT2D eigenvalue weighted by Gasteiger charge is -2.08. The largest absolute Gasteiger partial charge is 0.239 e. The van der Waals surface area contributed by atoms with Crippen LogP contribution in [0, 0.1) is 17.5 Å². The van der Waals surface area contributed by atoms with Crippen LogP contribution in [-0.2, 0) is 0 Å². The molecule has 14 heavy (non-hydrogen) atoms. The molecule has 1 aromatic heterocycles. The van der Waals surface area contributed by atoms with Crippen LogP contribution in [-0.4, -0.2) is 17.2 Å². The van der Waals surface area contributed by atoms with Gasteiger partial charge in [-0.3, -0.25) is 0 Å². The Labute approximate surface area is 95.8 Å². The first-order valence-electron chi connectivity index (χ1n) is 4.18. The molecule has 0 aromatic carbocycles. The maximum Gasteiger partial charge on any atom is 0.126 e. The SMILES string of the molecule is Cc1c(I)nc2c(c1C)N=CN=C=C2. The van der Waals surface area contributed by atoms with E-state index in [9.17, 15) is 0 Å². The van der Waals surface area contributed by atoms with Crippen LogP contribution in [0.2, 0.25) is 0 Å². The third kappa shape index (κ3) is 1.51. The lowest BCUT2D eigenvalue weighted by Crippen LogP contribution is -1.95. The van der Waals surface area contributed by atoms with E-state index >= 15 is 0 Å². The molecule has 1 aliphatic rings. The average Bonchev–Trinajstić information content (AvgIpc) is 2.39. The van der Waals surface area contributed by atoms with Gasteiger partial charge in [-0.05, 0) is 53.4 Å². The Bertz CT molecular complexity index is 483. The quantitative estimate of drug-likeness (QED) is 0.536. The van der Waals surface area contributed by atoms with Gasteiger partial charge in [0.15, 0.2) is 0 Å². The molecule has 0 radical (unpaired) electrons. The second-order valence-electron chi connectivity index (χ2n) is 3.03. The maximum absolute atomic E-state index is 4.43. The summed E-state index contributed by atoms with van der Waals surface area (Å²) in [6.07, 6.45) is 3.26. The van der Waals surface area contributed by atoms with Gasteiger partial charge in [0.05, 0.1) is 11.4 Å². The summed E-state index contributed by atoms with van der Waals surface area (Å²) in [6.45, 7) is 4.10. The van der Waals surface area contributed by atoms with E-state index in [2.05, 4.69) is 57.3 Å². The number of aromatic nitrogens is 1. The summed E-state index contributed by atoms with van der Waals surface area (Å²) >= 11 is 2.23. The monoisotopic (exact) mass is 297 g/mol. The molecule has 2 rings (SSSR count). The van der Waals surface area contributed by atoms with Crippen molar-refractivity contribution in [2.24, 2.45) is 9.98 Å². The lowest BCUT2D eigenvalue weighted by molar-refractivity contribution is 1.14. The van der Waals surface area contributed by atoms with Gasteiger partial charge in [-0.25, -0.2) is 9.98 Å². The molecule has 2 heterocycles. The van der Waals surface area contributed by atoms with Crippen LogP contribution in [0.3, 0.4) is 0 Å². The Morgan fingerprint density at radius 1 is 1.29 bits per heavy atom. The Morgan fingerprint density at radius 3 is 2.86 bits per heavy atom. The minimum Gasteiger partial charge on any atom is -0.239 e. The van der Waals surface area contributed by atoms with E-state index in [1.54, 1.807) is 6.08 Å². The van der Waals surface area contributed by atoms with Crippen LogP contribution in [0.25, 0.3) is 6.08 Å². The van der Waals surface area contributed by atoms with Crippen molar-refractivity contribution < 1.29 is 0 Å². The van der Waals surface area contributed by atoms with Gasteiger partial charge in [-0.2, -0.15) is 4.99 Å². The molecular weight excluding hydrogens is 289 g/mol. The highest BCUT2D eigenvalue weighted by atomic mass is 127. The molecule has 0 N–H and O–H groups in total. The number of aliphatic imine (C=N–C) groups is 2. The molecule has 0 atom stereocenters. The van der Waals surface area contributed by atoms with Crippen molar-refractivity contribution in [1.29, 1.82) is 0 Å². The van der Waals surface area contributed by atoms with E-state index < -0.39 is 0 Å². The summed E-state index contributed by atoms with van der Waals surface area (Å²) in [6, 6.07) is 0. The predicted octanol–water partition coefficient (Wildman–Crippen LogP) is 2.66. The highest BCUT2D eigenvalue weighted by Gasteiger charge is 2.10. The van der Waals surface area contributed by atoms with Gasteiger partial charge in [-0.15, -0.1) is 0 Å². The van der Waals surface area contributed by atoms with E-state index in [0.717, 1.165) is 20.6 Å². The van der Waals surface area contributed by atoms with Gasteiger partial charge in [0.25, 0.3) is 0 Å². The molecule has 0 bridgehead atoms. The molecule has 70 valence electrons. The Kier molecular flexibility index (Phi) is 2.48. The van der Waals surface area contributed by atoms with Gasteiger partial charge in [0.2, 0.25) is 0 Å². The fourth-order valence-electron chi connectivity index (χ4n) is 1.25. The zero-order valence-electron chi connectivity index (χ0n) is 7.87. The van der Waals surface area contributed by atoms with Crippen LogP contribution in [0.1, 0.15) is 16.8 Å². The van der Waals surface area contributed by atoms with Crippen LogP contribution in [0.4, 0.5) is 5.69 Å². The van der Waals surface area contributed by atoms with E-state index in [0.29, 0.717) is 0 Å². The van der Waals surface area contributed by atoms with Crippen molar-refractivity contribution in [3.8, 4) is 0 Å². The fraction of sp³-hybridized carbons (Fsp3) is 0.200. The summed E-state index contributed by atoms with van der Waals surface area (Å²) in [4.78, 5) is 12.5. The molecule has 1 aliphatic heterocycles. The number of rotatable bonds is 0. The summed E-state index contributed by atoms with van der Waals surface area (Å²) in [7, 11) is 0. The van der Waals surface area contributed by atoms with Gasteiger partial charge in [-0.1, -0.05) is 0 Å².